The molecule has 0 radical (unpaired) electrons. The van der Waals surface area contributed by atoms with Crippen molar-refractivity contribution in [2.45, 2.75) is 37.2 Å². The first-order valence-corrected chi connectivity index (χ1v) is 10.8. The Labute approximate surface area is 173 Å². The van der Waals surface area contributed by atoms with Gasteiger partial charge in [-0.15, -0.1) is 0 Å². The van der Waals surface area contributed by atoms with E-state index in [0.29, 0.717) is 16.3 Å². The second-order valence-electron chi connectivity index (χ2n) is 6.22. The summed E-state index contributed by atoms with van der Waals surface area (Å²) in [4.78, 5) is 25.3. The van der Waals surface area contributed by atoms with E-state index in [2.05, 4.69) is 10.2 Å². The fourth-order valence-corrected chi connectivity index (χ4v) is 5.06. The van der Waals surface area contributed by atoms with E-state index in [0.717, 1.165) is 4.31 Å². The fraction of sp³-hybridized carbons (Fsp3) is 0.389. The van der Waals surface area contributed by atoms with Crippen LogP contribution in [0.25, 0.3) is 0 Å². The minimum Gasteiger partial charge on any atom is -0.465 e. The largest absolute Gasteiger partial charge is 0.465 e. The fourth-order valence-electron chi connectivity index (χ4n) is 3.23. The molecule has 1 aliphatic heterocycles. The van der Waals surface area contributed by atoms with Crippen molar-refractivity contribution in [2.75, 3.05) is 13.2 Å². The number of hydrogen-bond acceptors (Lipinski definition) is 7. The van der Waals surface area contributed by atoms with Crippen LogP contribution >= 0.6 is 11.6 Å². The number of aromatic nitrogens is 2. The number of benzene rings is 1. The lowest BCUT2D eigenvalue weighted by molar-refractivity contribution is -0.154. The number of nitrogens with one attached hydrogen (secondary N) is 1. The van der Waals surface area contributed by atoms with Gasteiger partial charge in [0.25, 0.3) is 0 Å². The maximum absolute atomic E-state index is 13.5. The van der Waals surface area contributed by atoms with Crippen molar-refractivity contribution in [1.82, 2.24) is 14.5 Å². The average molecular weight is 442 g/mol. The highest BCUT2D eigenvalue weighted by Gasteiger charge is 2.50. The monoisotopic (exact) mass is 441 g/mol. The summed E-state index contributed by atoms with van der Waals surface area (Å²) in [6, 6.07) is 2.81. The average Bonchev–Trinajstić information content (AvgIpc) is 3.15. The molecule has 0 fully saturated rings. The molecule has 1 aromatic carbocycles. The number of rotatable bonds is 6. The highest BCUT2D eigenvalue weighted by Crippen LogP contribution is 2.38. The number of ether oxygens (including phenoxy) is 2. The summed E-state index contributed by atoms with van der Waals surface area (Å²) in [6.45, 7) is 3.33. The molecule has 1 aromatic heterocycles. The first-order chi connectivity index (χ1) is 13.8. The molecule has 9 nitrogen and oxygen atoms in total. The van der Waals surface area contributed by atoms with E-state index < -0.39 is 34.0 Å². The van der Waals surface area contributed by atoms with E-state index in [1.807, 2.05) is 0 Å². The van der Waals surface area contributed by atoms with Crippen molar-refractivity contribution in [3.8, 4) is 0 Å². The van der Waals surface area contributed by atoms with E-state index in [-0.39, 0.29) is 24.5 Å². The van der Waals surface area contributed by atoms with Crippen molar-refractivity contribution < 1.29 is 27.5 Å². The number of carbonyl (C=O) groups excluding carboxylic acids is 2. The maximum atomic E-state index is 13.5. The minimum absolute atomic E-state index is 0.0170. The molecule has 2 aromatic rings. The van der Waals surface area contributed by atoms with E-state index in [9.17, 15) is 18.0 Å². The first-order valence-electron chi connectivity index (χ1n) is 8.95. The van der Waals surface area contributed by atoms with Crippen LogP contribution in [-0.4, -0.2) is 54.1 Å². The predicted octanol–water partition coefficient (Wildman–Crippen LogP) is 1.85. The van der Waals surface area contributed by atoms with Gasteiger partial charge in [0.2, 0.25) is 10.0 Å². The van der Waals surface area contributed by atoms with Crippen molar-refractivity contribution in [2.24, 2.45) is 0 Å². The molecule has 3 rings (SSSR count). The summed E-state index contributed by atoms with van der Waals surface area (Å²) < 4.78 is 38.1. The number of carbonyl (C=O) groups is 2. The number of halogens is 1. The standard InChI is InChI=1S/C18H20ClN3O6S/c1-3-27-17(23)15-9-14-13(10-20-21-14)16(18(24)28-4-2)22(15)29(25,26)12-7-5-11(19)6-8-12/h5-8,10,15-16H,3-4,9H2,1-2H3,(H,20,21)/t15-,16+/m0/s1. The Morgan fingerprint density at radius 3 is 2.41 bits per heavy atom. The summed E-state index contributed by atoms with van der Waals surface area (Å²) in [7, 11) is -4.29. The van der Waals surface area contributed by atoms with E-state index in [1.165, 1.54) is 30.5 Å². The van der Waals surface area contributed by atoms with Gasteiger partial charge < -0.3 is 9.47 Å². The van der Waals surface area contributed by atoms with E-state index >= 15 is 0 Å². The lowest BCUT2D eigenvalue weighted by Crippen LogP contribution is -2.53. The Bertz CT molecular complexity index is 1000. The zero-order chi connectivity index (χ0) is 21.2. The molecule has 156 valence electrons. The summed E-state index contributed by atoms with van der Waals surface area (Å²) in [6.07, 6.45) is 1.35. The summed E-state index contributed by atoms with van der Waals surface area (Å²) in [5.41, 5.74) is 0.810. The molecule has 0 unspecified atom stereocenters. The van der Waals surface area contributed by atoms with Crippen LogP contribution in [0.1, 0.15) is 31.1 Å². The molecule has 0 bridgehead atoms. The molecule has 0 spiro atoms. The predicted molar refractivity (Wildman–Crippen MR) is 103 cm³/mol. The Kier molecular flexibility index (Phi) is 6.25. The van der Waals surface area contributed by atoms with Gasteiger partial charge in [-0.2, -0.15) is 9.40 Å². The van der Waals surface area contributed by atoms with Gasteiger partial charge in [-0.25, -0.2) is 13.2 Å². The van der Waals surface area contributed by atoms with E-state index in [1.54, 1.807) is 13.8 Å². The van der Waals surface area contributed by atoms with Gasteiger partial charge in [-0.05, 0) is 38.1 Å². The van der Waals surface area contributed by atoms with Crippen LogP contribution in [0.3, 0.4) is 0 Å². The summed E-state index contributed by atoms with van der Waals surface area (Å²) >= 11 is 5.87. The smallest absolute Gasteiger partial charge is 0.329 e. The Morgan fingerprint density at radius 2 is 1.79 bits per heavy atom. The molecule has 0 aliphatic carbocycles. The number of aromatic amines is 1. The number of H-pyrrole nitrogens is 1. The van der Waals surface area contributed by atoms with Crippen LogP contribution in [0.5, 0.6) is 0 Å². The third-order valence-electron chi connectivity index (χ3n) is 4.46. The number of hydrogen-bond donors (Lipinski definition) is 1. The molecule has 0 saturated carbocycles. The molecular formula is C18H20ClN3O6S. The molecule has 11 heteroatoms. The lowest BCUT2D eigenvalue weighted by Gasteiger charge is -2.37. The summed E-state index contributed by atoms with van der Waals surface area (Å²) in [5, 5.41) is 6.99. The van der Waals surface area contributed by atoms with Crippen molar-refractivity contribution in [1.29, 1.82) is 0 Å². The van der Waals surface area contributed by atoms with Gasteiger partial charge in [0, 0.05) is 22.7 Å². The molecule has 1 N–H and O–H groups in total. The normalized spacial score (nSPS) is 19.4. The van der Waals surface area contributed by atoms with E-state index in [4.69, 9.17) is 21.1 Å². The SMILES string of the molecule is CCOC(=O)[C@@H]1Cc2[nH]ncc2[C@H](C(=O)OCC)N1S(=O)(=O)c1ccc(Cl)cc1. The highest BCUT2D eigenvalue weighted by molar-refractivity contribution is 7.89. The molecule has 0 saturated heterocycles. The Morgan fingerprint density at radius 1 is 1.17 bits per heavy atom. The van der Waals surface area contributed by atoms with Crippen LogP contribution in [0, 0.1) is 0 Å². The highest BCUT2D eigenvalue weighted by atomic mass is 35.5. The number of sulfonamides is 1. The van der Waals surface area contributed by atoms with Gasteiger partial charge >= 0.3 is 11.9 Å². The second-order valence-corrected chi connectivity index (χ2v) is 8.50. The number of esters is 2. The zero-order valence-corrected chi connectivity index (χ0v) is 17.4. The molecular weight excluding hydrogens is 422 g/mol. The van der Waals surface area contributed by atoms with Crippen LogP contribution in [0.2, 0.25) is 5.02 Å². The lowest BCUT2D eigenvalue weighted by atomic mass is 9.96. The molecule has 0 amide bonds. The second kappa shape index (κ2) is 8.52. The zero-order valence-electron chi connectivity index (χ0n) is 15.8. The quantitative estimate of drug-likeness (QED) is 0.679. The molecule has 2 atom stereocenters. The van der Waals surface area contributed by atoms with Gasteiger partial charge in [0.05, 0.1) is 24.3 Å². The van der Waals surface area contributed by atoms with Gasteiger partial charge in [-0.3, -0.25) is 9.89 Å². The molecule has 2 heterocycles. The van der Waals surface area contributed by atoms with Crippen molar-refractivity contribution in [3.63, 3.8) is 0 Å². The topological polar surface area (TPSA) is 119 Å². The molecule has 1 aliphatic rings. The summed E-state index contributed by atoms with van der Waals surface area (Å²) in [5.74, 6) is -1.57. The van der Waals surface area contributed by atoms with Crippen molar-refractivity contribution >= 4 is 33.6 Å². The van der Waals surface area contributed by atoms with Crippen molar-refractivity contribution in [3.05, 3.63) is 46.7 Å². The third-order valence-corrected chi connectivity index (χ3v) is 6.60. The number of fused-ring (bicyclic) bond motifs is 1. The van der Waals surface area contributed by atoms with Gasteiger partial charge in [0.1, 0.15) is 6.04 Å². The van der Waals surface area contributed by atoms with Gasteiger partial charge in [-0.1, -0.05) is 11.6 Å². The van der Waals surface area contributed by atoms with Crippen LogP contribution in [0.15, 0.2) is 35.4 Å². The Hall–Kier alpha value is -2.43. The van der Waals surface area contributed by atoms with Crippen LogP contribution in [0.4, 0.5) is 0 Å². The van der Waals surface area contributed by atoms with Gasteiger partial charge in [0.15, 0.2) is 6.04 Å². The Balaban J connectivity index is 2.18. The minimum atomic E-state index is -4.29. The molecule has 29 heavy (non-hydrogen) atoms. The number of nitrogens with zero attached hydrogens (tertiary/aromatic N) is 2. The van der Waals surface area contributed by atoms with Crippen LogP contribution < -0.4 is 0 Å². The first kappa shape index (κ1) is 21.3. The third kappa shape index (κ3) is 4.00. The maximum Gasteiger partial charge on any atom is 0.329 e. The van der Waals surface area contributed by atoms with Crippen LogP contribution in [-0.2, 0) is 35.5 Å².